The van der Waals surface area contributed by atoms with Crippen LogP contribution >= 0.6 is 0 Å². The number of carbonyl (C=O) groups excluding carboxylic acids is 1. The van der Waals surface area contributed by atoms with Gasteiger partial charge in [0.05, 0.1) is 21.3 Å². The molecule has 138 valence electrons. The van der Waals surface area contributed by atoms with Gasteiger partial charge in [-0.3, -0.25) is 10.1 Å². The second-order valence-corrected chi connectivity index (χ2v) is 4.98. The van der Waals surface area contributed by atoms with Crippen molar-refractivity contribution in [2.75, 3.05) is 39.9 Å². The summed E-state index contributed by atoms with van der Waals surface area (Å²) in [5.41, 5.74) is 0.260. The van der Waals surface area contributed by atoms with Gasteiger partial charge in [0.25, 0.3) is 11.8 Å². The van der Waals surface area contributed by atoms with Gasteiger partial charge in [0.1, 0.15) is 19.5 Å². The SMILES string of the molecule is COc1cc(C(=O)Nc2nnc(C3=COCCO3)o2)cc(OC)c1OC. The molecule has 1 aromatic carbocycles. The number of hydrogen-bond donors (Lipinski definition) is 1. The zero-order chi connectivity index (χ0) is 18.5. The van der Waals surface area contributed by atoms with Gasteiger partial charge in [-0.1, -0.05) is 5.10 Å². The minimum atomic E-state index is -0.491. The predicted octanol–water partition coefficient (Wildman–Crippen LogP) is 1.69. The van der Waals surface area contributed by atoms with Gasteiger partial charge < -0.3 is 28.1 Å². The molecule has 1 amide bonds. The van der Waals surface area contributed by atoms with E-state index in [1.807, 2.05) is 0 Å². The zero-order valence-corrected chi connectivity index (χ0v) is 14.4. The maximum atomic E-state index is 12.5. The molecule has 3 rings (SSSR count). The van der Waals surface area contributed by atoms with Gasteiger partial charge in [0.15, 0.2) is 11.5 Å². The number of carbonyl (C=O) groups is 1. The number of amides is 1. The highest BCUT2D eigenvalue weighted by atomic mass is 16.6. The average molecular weight is 363 g/mol. The number of nitrogens with zero attached hydrogens (tertiary/aromatic N) is 2. The maximum Gasteiger partial charge on any atom is 0.322 e. The van der Waals surface area contributed by atoms with Gasteiger partial charge >= 0.3 is 6.01 Å². The number of nitrogens with one attached hydrogen (secondary N) is 1. The van der Waals surface area contributed by atoms with Gasteiger partial charge in [-0.15, -0.1) is 5.10 Å². The summed E-state index contributed by atoms with van der Waals surface area (Å²) in [7, 11) is 4.40. The van der Waals surface area contributed by atoms with Crippen molar-refractivity contribution in [2.45, 2.75) is 0 Å². The van der Waals surface area contributed by atoms with Crippen molar-refractivity contribution in [3.05, 3.63) is 29.8 Å². The Balaban J connectivity index is 1.80. The summed E-state index contributed by atoms with van der Waals surface area (Å²) in [4.78, 5) is 12.5. The van der Waals surface area contributed by atoms with Crippen LogP contribution in [0.1, 0.15) is 16.2 Å². The highest BCUT2D eigenvalue weighted by molar-refractivity contribution is 6.04. The van der Waals surface area contributed by atoms with E-state index in [9.17, 15) is 4.79 Å². The topological polar surface area (TPSA) is 114 Å². The van der Waals surface area contributed by atoms with Gasteiger partial charge in [-0.05, 0) is 12.1 Å². The maximum absolute atomic E-state index is 12.5. The molecule has 26 heavy (non-hydrogen) atoms. The summed E-state index contributed by atoms with van der Waals surface area (Å²) in [6.45, 7) is 0.823. The van der Waals surface area contributed by atoms with Crippen LogP contribution in [0.4, 0.5) is 6.01 Å². The third-order valence-corrected chi connectivity index (χ3v) is 3.43. The zero-order valence-electron chi connectivity index (χ0n) is 14.4. The largest absolute Gasteiger partial charge is 0.494 e. The molecule has 1 aliphatic heterocycles. The van der Waals surface area contributed by atoms with Crippen molar-refractivity contribution < 1.29 is 32.9 Å². The molecule has 2 aromatic rings. The molecule has 0 spiro atoms. The molecule has 0 bridgehead atoms. The monoisotopic (exact) mass is 363 g/mol. The van der Waals surface area contributed by atoms with E-state index in [1.165, 1.54) is 39.7 Å². The second kappa shape index (κ2) is 7.64. The van der Waals surface area contributed by atoms with E-state index in [4.69, 9.17) is 28.1 Å². The number of aromatic nitrogens is 2. The van der Waals surface area contributed by atoms with E-state index >= 15 is 0 Å². The Bertz CT molecular complexity index is 806. The quantitative estimate of drug-likeness (QED) is 0.818. The number of anilines is 1. The van der Waals surface area contributed by atoms with Crippen molar-refractivity contribution in [1.29, 1.82) is 0 Å². The third kappa shape index (κ3) is 3.48. The van der Waals surface area contributed by atoms with Crippen molar-refractivity contribution in [1.82, 2.24) is 10.2 Å². The first-order valence-electron chi connectivity index (χ1n) is 7.56. The Labute approximate surface area is 148 Å². The summed E-state index contributed by atoms with van der Waals surface area (Å²) in [6, 6.07) is 2.93. The Morgan fingerprint density at radius 1 is 1.08 bits per heavy atom. The fourth-order valence-corrected chi connectivity index (χ4v) is 2.24. The van der Waals surface area contributed by atoms with E-state index in [0.717, 1.165) is 0 Å². The Hall–Kier alpha value is -3.43. The molecule has 0 aliphatic carbocycles. The summed E-state index contributed by atoms with van der Waals surface area (Å²) >= 11 is 0. The van der Waals surface area contributed by atoms with Crippen molar-refractivity contribution in [3.8, 4) is 17.2 Å². The van der Waals surface area contributed by atoms with Crippen LogP contribution in [0.25, 0.3) is 5.76 Å². The van der Waals surface area contributed by atoms with Crippen molar-refractivity contribution in [2.24, 2.45) is 0 Å². The lowest BCUT2D eigenvalue weighted by molar-refractivity contribution is 0.102. The van der Waals surface area contributed by atoms with Gasteiger partial charge in [0, 0.05) is 5.56 Å². The molecule has 1 N–H and O–H groups in total. The molecular formula is C16H17N3O7. The second-order valence-electron chi connectivity index (χ2n) is 4.98. The summed E-state index contributed by atoms with van der Waals surface area (Å²) < 4.78 is 31.5. The Morgan fingerprint density at radius 3 is 2.38 bits per heavy atom. The lowest BCUT2D eigenvalue weighted by atomic mass is 10.1. The number of rotatable bonds is 6. The van der Waals surface area contributed by atoms with Crippen LogP contribution in [0.3, 0.4) is 0 Å². The number of methoxy groups -OCH3 is 3. The Kier molecular flexibility index (Phi) is 5.11. The number of ether oxygens (including phenoxy) is 5. The Morgan fingerprint density at radius 2 is 1.81 bits per heavy atom. The van der Waals surface area contributed by atoms with Crippen LogP contribution in [0.2, 0.25) is 0 Å². The lowest BCUT2D eigenvalue weighted by Gasteiger charge is -2.13. The van der Waals surface area contributed by atoms with Crippen LogP contribution in [0.5, 0.6) is 17.2 Å². The first-order chi connectivity index (χ1) is 12.7. The smallest absolute Gasteiger partial charge is 0.322 e. The molecule has 10 heteroatoms. The van der Waals surface area contributed by atoms with Crippen LogP contribution in [0, 0.1) is 0 Å². The van der Waals surface area contributed by atoms with Crippen LogP contribution in [0.15, 0.2) is 22.8 Å². The molecule has 0 radical (unpaired) electrons. The minimum Gasteiger partial charge on any atom is -0.494 e. The molecule has 0 unspecified atom stereocenters. The van der Waals surface area contributed by atoms with E-state index in [1.54, 1.807) is 0 Å². The molecule has 0 atom stereocenters. The molecule has 1 aliphatic rings. The molecule has 0 fully saturated rings. The average Bonchev–Trinajstić information content (AvgIpc) is 3.15. The number of hydrogen-bond acceptors (Lipinski definition) is 9. The lowest BCUT2D eigenvalue weighted by Crippen LogP contribution is -2.13. The molecule has 1 aromatic heterocycles. The van der Waals surface area contributed by atoms with Gasteiger partial charge in [-0.25, -0.2) is 0 Å². The summed E-state index contributed by atoms with van der Waals surface area (Å²) in [5.74, 6) is 0.992. The van der Waals surface area contributed by atoms with Crippen LogP contribution in [-0.2, 0) is 9.47 Å². The molecular weight excluding hydrogens is 346 g/mol. The molecule has 0 saturated heterocycles. The van der Waals surface area contributed by atoms with Crippen molar-refractivity contribution in [3.63, 3.8) is 0 Å². The fraction of sp³-hybridized carbons (Fsp3) is 0.312. The number of benzene rings is 1. The van der Waals surface area contributed by atoms with E-state index in [2.05, 4.69) is 15.5 Å². The highest BCUT2D eigenvalue weighted by Crippen LogP contribution is 2.38. The third-order valence-electron chi connectivity index (χ3n) is 3.43. The highest BCUT2D eigenvalue weighted by Gasteiger charge is 2.20. The molecule has 2 heterocycles. The summed E-state index contributed by atoms with van der Waals surface area (Å²) in [6.07, 6.45) is 1.38. The first kappa shape index (κ1) is 17.4. The normalized spacial score (nSPS) is 13.1. The van der Waals surface area contributed by atoms with Crippen LogP contribution in [-0.4, -0.2) is 50.6 Å². The van der Waals surface area contributed by atoms with E-state index < -0.39 is 5.91 Å². The van der Waals surface area contributed by atoms with Gasteiger partial charge in [0.2, 0.25) is 11.5 Å². The van der Waals surface area contributed by atoms with E-state index in [0.29, 0.717) is 36.2 Å². The van der Waals surface area contributed by atoms with E-state index in [-0.39, 0.29) is 17.5 Å². The predicted molar refractivity (Wildman–Crippen MR) is 88.2 cm³/mol. The van der Waals surface area contributed by atoms with Crippen molar-refractivity contribution >= 4 is 17.7 Å². The fourth-order valence-electron chi connectivity index (χ4n) is 2.24. The van der Waals surface area contributed by atoms with Crippen LogP contribution < -0.4 is 19.5 Å². The van der Waals surface area contributed by atoms with Gasteiger partial charge in [-0.2, -0.15) is 0 Å². The first-order valence-corrected chi connectivity index (χ1v) is 7.56. The molecule has 0 saturated carbocycles. The standard InChI is InChI=1S/C16H17N3O7/c1-21-10-6-9(7-11(22-2)13(10)23-3)14(20)17-16-19-18-15(26-16)12-8-24-4-5-25-12/h6-8H,4-5H2,1-3H3,(H,17,19,20). The molecule has 10 nitrogen and oxygen atoms in total. The minimum absolute atomic E-state index is 0.0891. The summed E-state index contributed by atoms with van der Waals surface area (Å²) in [5, 5.41) is 10.1.